The number of hydrogen-bond donors (Lipinski definition) is 1. The maximum absolute atomic E-state index is 12.0. The van der Waals surface area contributed by atoms with Gasteiger partial charge in [0.1, 0.15) is 0 Å². The lowest BCUT2D eigenvalue weighted by Crippen LogP contribution is -2.50. The van der Waals surface area contributed by atoms with Gasteiger partial charge in [0.15, 0.2) is 5.54 Å². The zero-order valence-electron chi connectivity index (χ0n) is 10.8. The van der Waals surface area contributed by atoms with Crippen LogP contribution in [0.4, 0.5) is 5.69 Å². The molecule has 0 radical (unpaired) electrons. The topological polar surface area (TPSA) is 47.6 Å². The van der Waals surface area contributed by atoms with Crippen LogP contribution in [-0.2, 0) is 14.3 Å². The summed E-state index contributed by atoms with van der Waals surface area (Å²) in [6.07, 6.45) is 0.569. The molecule has 4 nitrogen and oxygen atoms in total. The number of anilines is 1. The number of hydrogen-bond acceptors (Lipinski definition) is 4. The van der Waals surface area contributed by atoms with Crippen LogP contribution in [0.15, 0.2) is 28.7 Å². The van der Waals surface area contributed by atoms with Crippen molar-refractivity contribution in [2.45, 2.75) is 18.9 Å². The lowest BCUT2D eigenvalue weighted by atomic mass is 9.96. The van der Waals surface area contributed by atoms with E-state index in [1.807, 2.05) is 31.2 Å². The first-order valence-corrected chi connectivity index (χ1v) is 6.48. The highest BCUT2D eigenvalue weighted by atomic mass is 79.9. The molecular weight excluding hydrogens is 298 g/mol. The van der Waals surface area contributed by atoms with Gasteiger partial charge in [-0.2, -0.15) is 0 Å². The highest BCUT2D eigenvalue weighted by molar-refractivity contribution is 9.10. The Balaban J connectivity index is 3.00. The number of carbonyl (C=O) groups is 1. The van der Waals surface area contributed by atoms with E-state index in [4.69, 9.17) is 9.47 Å². The van der Waals surface area contributed by atoms with E-state index in [1.165, 1.54) is 7.11 Å². The number of nitrogens with one attached hydrogen (secondary N) is 1. The molecule has 0 saturated heterocycles. The van der Waals surface area contributed by atoms with Crippen molar-refractivity contribution in [1.29, 1.82) is 0 Å². The Bertz CT molecular complexity index is 411. The van der Waals surface area contributed by atoms with Crippen molar-refractivity contribution < 1.29 is 14.3 Å². The van der Waals surface area contributed by atoms with Gasteiger partial charge in [0, 0.05) is 17.3 Å². The third-order valence-corrected chi connectivity index (χ3v) is 3.27. The van der Waals surface area contributed by atoms with E-state index >= 15 is 0 Å². The number of esters is 1. The molecule has 18 heavy (non-hydrogen) atoms. The minimum Gasteiger partial charge on any atom is -0.467 e. The Kier molecular flexibility index (Phi) is 5.62. The lowest BCUT2D eigenvalue weighted by molar-refractivity contribution is -0.148. The van der Waals surface area contributed by atoms with Gasteiger partial charge in [-0.1, -0.05) is 28.9 Å². The molecule has 1 aromatic rings. The van der Waals surface area contributed by atoms with Gasteiger partial charge in [-0.05, 0) is 24.6 Å². The minimum atomic E-state index is -0.857. The maximum Gasteiger partial charge on any atom is 0.333 e. The summed E-state index contributed by atoms with van der Waals surface area (Å²) in [5, 5.41) is 3.21. The van der Waals surface area contributed by atoms with Crippen LogP contribution in [0.25, 0.3) is 0 Å². The van der Waals surface area contributed by atoms with Crippen LogP contribution in [0.2, 0.25) is 0 Å². The van der Waals surface area contributed by atoms with Crippen molar-refractivity contribution in [2.24, 2.45) is 0 Å². The maximum atomic E-state index is 12.0. The number of carbonyl (C=O) groups excluding carboxylic acids is 1. The average Bonchev–Trinajstić information content (AvgIpc) is 2.37. The van der Waals surface area contributed by atoms with E-state index in [0.29, 0.717) is 6.42 Å². The minimum absolute atomic E-state index is 0.253. The standard InChI is InChI=1S/C13H18BrNO3/c1-4-13(9-17-2,12(16)18-3)15-11-7-5-6-10(14)8-11/h5-8,15H,4,9H2,1-3H3. The predicted octanol–water partition coefficient (Wildman–Crippen LogP) is 2.83. The molecule has 1 atom stereocenters. The van der Waals surface area contributed by atoms with E-state index in [9.17, 15) is 4.79 Å². The summed E-state index contributed by atoms with van der Waals surface area (Å²) in [6.45, 7) is 2.17. The van der Waals surface area contributed by atoms with E-state index in [0.717, 1.165) is 10.2 Å². The number of methoxy groups -OCH3 is 2. The summed E-state index contributed by atoms with van der Waals surface area (Å²) < 4.78 is 11.0. The third-order valence-electron chi connectivity index (χ3n) is 2.78. The molecule has 0 amide bonds. The fraction of sp³-hybridized carbons (Fsp3) is 0.462. The Hall–Kier alpha value is -1.07. The molecule has 0 heterocycles. The molecule has 0 spiro atoms. The van der Waals surface area contributed by atoms with E-state index in [2.05, 4.69) is 21.2 Å². The number of rotatable bonds is 6. The molecule has 0 aromatic heterocycles. The van der Waals surface area contributed by atoms with Crippen LogP contribution >= 0.6 is 15.9 Å². The van der Waals surface area contributed by atoms with Gasteiger partial charge in [-0.15, -0.1) is 0 Å². The van der Waals surface area contributed by atoms with Gasteiger partial charge in [0.2, 0.25) is 0 Å². The predicted molar refractivity (Wildman–Crippen MR) is 74.7 cm³/mol. The zero-order valence-corrected chi connectivity index (χ0v) is 12.4. The zero-order chi connectivity index (χ0) is 13.6. The third kappa shape index (κ3) is 3.46. The van der Waals surface area contributed by atoms with Gasteiger partial charge in [-0.3, -0.25) is 0 Å². The molecule has 0 aliphatic heterocycles. The Morgan fingerprint density at radius 3 is 2.67 bits per heavy atom. The van der Waals surface area contributed by atoms with Crippen LogP contribution in [0.3, 0.4) is 0 Å². The average molecular weight is 316 g/mol. The first kappa shape index (κ1) is 15.0. The van der Waals surface area contributed by atoms with Crippen LogP contribution < -0.4 is 5.32 Å². The fourth-order valence-corrected chi connectivity index (χ4v) is 2.16. The van der Waals surface area contributed by atoms with Crippen LogP contribution in [0.5, 0.6) is 0 Å². The normalized spacial score (nSPS) is 13.8. The molecule has 100 valence electrons. The quantitative estimate of drug-likeness (QED) is 0.820. The molecule has 1 unspecified atom stereocenters. The molecule has 1 N–H and O–H groups in total. The van der Waals surface area contributed by atoms with Crippen molar-refractivity contribution in [2.75, 3.05) is 26.1 Å². The van der Waals surface area contributed by atoms with Gasteiger partial charge in [-0.25, -0.2) is 4.79 Å². The van der Waals surface area contributed by atoms with Crippen LogP contribution in [0, 0.1) is 0 Å². The molecule has 0 saturated carbocycles. The summed E-state index contributed by atoms with van der Waals surface area (Å²) in [4.78, 5) is 12.0. The van der Waals surface area contributed by atoms with Gasteiger partial charge < -0.3 is 14.8 Å². The van der Waals surface area contributed by atoms with E-state index < -0.39 is 5.54 Å². The van der Waals surface area contributed by atoms with Crippen molar-refractivity contribution in [3.63, 3.8) is 0 Å². The second kappa shape index (κ2) is 6.75. The Labute approximate surface area is 116 Å². The van der Waals surface area contributed by atoms with E-state index in [-0.39, 0.29) is 12.6 Å². The smallest absolute Gasteiger partial charge is 0.333 e. The van der Waals surface area contributed by atoms with E-state index in [1.54, 1.807) is 7.11 Å². The first-order valence-electron chi connectivity index (χ1n) is 5.69. The molecule has 1 aromatic carbocycles. The molecular formula is C13H18BrNO3. The Morgan fingerprint density at radius 2 is 2.17 bits per heavy atom. The van der Waals surface area contributed by atoms with Gasteiger partial charge in [0.25, 0.3) is 0 Å². The fourth-order valence-electron chi connectivity index (χ4n) is 1.77. The van der Waals surface area contributed by atoms with Crippen molar-refractivity contribution in [3.8, 4) is 0 Å². The van der Waals surface area contributed by atoms with Gasteiger partial charge >= 0.3 is 5.97 Å². The van der Waals surface area contributed by atoms with Crippen molar-refractivity contribution in [1.82, 2.24) is 0 Å². The largest absolute Gasteiger partial charge is 0.467 e. The highest BCUT2D eigenvalue weighted by Gasteiger charge is 2.38. The van der Waals surface area contributed by atoms with Crippen LogP contribution in [-0.4, -0.2) is 32.3 Å². The second-order valence-electron chi connectivity index (χ2n) is 4.00. The lowest BCUT2D eigenvalue weighted by Gasteiger charge is -2.31. The molecule has 5 heteroatoms. The summed E-state index contributed by atoms with van der Waals surface area (Å²) in [5.41, 5.74) is -0.0155. The summed E-state index contributed by atoms with van der Waals surface area (Å²) in [5.74, 6) is -0.327. The van der Waals surface area contributed by atoms with Crippen molar-refractivity contribution in [3.05, 3.63) is 28.7 Å². The van der Waals surface area contributed by atoms with Gasteiger partial charge in [0.05, 0.1) is 13.7 Å². The van der Waals surface area contributed by atoms with Crippen molar-refractivity contribution >= 4 is 27.6 Å². The first-order chi connectivity index (χ1) is 8.57. The molecule has 0 bridgehead atoms. The molecule has 0 aliphatic rings. The second-order valence-corrected chi connectivity index (χ2v) is 4.91. The number of halogens is 1. The number of benzene rings is 1. The SMILES string of the molecule is CCC(COC)(Nc1cccc(Br)c1)C(=O)OC. The summed E-state index contributed by atoms with van der Waals surface area (Å²) >= 11 is 3.40. The molecule has 0 fully saturated rings. The molecule has 1 rings (SSSR count). The summed E-state index contributed by atoms with van der Waals surface area (Å²) in [7, 11) is 2.95. The summed E-state index contributed by atoms with van der Waals surface area (Å²) in [6, 6.07) is 7.63. The number of ether oxygens (including phenoxy) is 2. The Morgan fingerprint density at radius 1 is 1.44 bits per heavy atom. The molecule has 0 aliphatic carbocycles. The monoisotopic (exact) mass is 315 g/mol. The highest BCUT2D eigenvalue weighted by Crippen LogP contribution is 2.23. The van der Waals surface area contributed by atoms with Crippen LogP contribution in [0.1, 0.15) is 13.3 Å².